The van der Waals surface area contributed by atoms with Gasteiger partial charge in [0.2, 0.25) is 0 Å². The van der Waals surface area contributed by atoms with Gasteiger partial charge in [-0.05, 0) is 36.3 Å². The van der Waals surface area contributed by atoms with Gasteiger partial charge in [-0.1, -0.05) is 43.7 Å². The van der Waals surface area contributed by atoms with E-state index in [1.165, 1.54) is 6.08 Å². The highest BCUT2D eigenvalue weighted by molar-refractivity contribution is 6.30. The van der Waals surface area contributed by atoms with Crippen LogP contribution in [0, 0.1) is 0 Å². The summed E-state index contributed by atoms with van der Waals surface area (Å²) in [6.45, 7) is 6.74. The van der Waals surface area contributed by atoms with E-state index in [0.717, 1.165) is 19.4 Å². The molecule has 2 aromatic rings. The van der Waals surface area contributed by atoms with Crippen LogP contribution in [0.5, 0.6) is 0 Å². The summed E-state index contributed by atoms with van der Waals surface area (Å²) in [6.07, 6.45) is 5.56. The van der Waals surface area contributed by atoms with Gasteiger partial charge in [0.15, 0.2) is 5.60 Å². The van der Waals surface area contributed by atoms with Crippen molar-refractivity contribution in [2.75, 3.05) is 0 Å². The Morgan fingerprint density at radius 1 is 1.35 bits per heavy atom. The highest BCUT2D eigenvalue weighted by atomic mass is 35.5. The summed E-state index contributed by atoms with van der Waals surface area (Å²) >= 11 is 5.89. The van der Waals surface area contributed by atoms with Crippen molar-refractivity contribution in [3.05, 3.63) is 65.5 Å². The summed E-state index contributed by atoms with van der Waals surface area (Å²) in [5, 5.41) is 15.9. The number of nitrogens with zero attached hydrogens (tertiary/aromatic N) is 2. The van der Waals surface area contributed by atoms with E-state index in [4.69, 9.17) is 11.6 Å². The van der Waals surface area contributed by atoms with Gasteiger partial charge in [-0.25, -0.2) is 0 Å². The molecule has 2 rings (SSSR count). The molecule has 106 valence electrons. The van der Waals surface area contributed by atoms with Crippen molar-refractivity contribution in [2.24, 2.45) is 0 Å². The second-order valence-corrected chi connectivity index (χ2v) is 5.23. The molecular formula is C16H19ClN2O. The second kappa shape index (κ2) is 6.25. The zero-order valence-electron chi connectivity index (χ0n) is 11.6. The van der Waals surface area contributed by atoms with E-state index in [0.29, 0.717) is 16.3 Å². The van der Waals surface area contributed by atoms with Crippen LogP contribution in [0.15, 0.2) is 49.2 Å². The van der Waals surface area contributed by atoms with Crippen LogP contribution in [0.2, 0.25) is 5.02 Å². The van der Waals surface area contributed by atoms with E-state index in [1.807, 2.05) is 16.9 Å². The molecule has 1 N–H and O–H groups in total. The molecule has 1 aromatic heterocycles. The lowest BCUT2D eigenvalue weighted by Gasteiger charge is -2.22. The topological polar surface area (TPSA) is 38.0 Å². The Labute approximate surface area is 124 Å². The van der Waals surface area contributed by atoms with Gasteiger partial charge in [-0.2, -0.15) is 5.10 Å². The number of rotatable bonds is 6. The molecule has 0 radical (unpaired) electrons. The standard InChI is InChI=1S/C16H19ClN2O/c1-3-5-11-19-12-10-15(18-19)16(20,4-2)13-6-8-14(17)9-7-13/h4,6-10,12,20H,2-3,5,11H2,1H3. The van der Waals surface area contributed by atoms with Crippen molar-refractivity contribution < 1.29 is 5.11 Å². The van der Waals surface area contributed by atoms with Crippen LogP contribution < -0.4 is 0 Å². The van der Waals surface area contributed by atoms with E-state index >= 15 is 0 Å². The molecule has 0 bridgehead atoms. The number of hydrogen-bond acceptors (Lipinski definition) is 2. The minimum Gasteiger partial charge on any atom is -0.375 e. The van der Waals surface area contributed by atoms with Gasteiger partial charge in [-0.3, -0.25) is 4.68 Å². The first-order valence-electron chi connectivity index (χ1n) is 6.76. The predicted molar refractivity (Wildman–Crippen MR) is 81.8 cm³/mol. The van der Waals surface area contributed by atoms with Gasteiger partial charge in [0, 0.05) is 17.8 Å². The molecule has 0 spiro atoms. The molecule has 1 aromatic carbocycles. The third kappa shape index (κ3) is 2.94. The molecule has 0 saturated heterocycles. The van der Waals surface area contributed by atoms with Crippen LogP contribution in [0.25, 0.3) is 0 Å². The molecular weight excluding hydrogens is 272 g/mol. The second-order valence-electron chi connectivity index (χ2n) is 4.80. The predicted octanol–water partition coefficient (Wildman–Crippen LogP) is 3.76. The normalized spacial score (nSPS) is 13.9. The number of hydrogen-bond donors (Lipinski definition) is 1. The largest absolute Gasteiger partial charge is 0.375 e. The summed E-state index contributed by atoms with van der Waals surface area (Å²) in [6, 6.07) is 8.90. The fourth-order valence-electron chi connectivity index (χ4n) is 2.08. The molecule has 20 heavy (non-hydrogen) atoms. The molecule has 4 heteroatoms. The molecule has 0 aliphatic heterocycles. The molecule has 1 unspecified atom stereocenters. The van der Waals surface area contributed by atoms with Gasteiger partial charge >= 0.3 is 0 Å². The van der Waals surface area contributed by atoms with Crippen LogP contribution in [-0.2, 0) is 12.1 Å². The van der Waals surface area contributed by atoms with Crippen LogP contribution in [0.4, 0.5) is 0 Å². The van der Waals surface area contributed by atoms with E-state index in [9.17, 15) is 5.11 Å². The summed E-state index contributed by atoms with van der Waals surface area (Å²) in [7, 11) is 0. The lowest BCUT2D eigenvalue weighted by Crippen LogP contribution is -2.25. The summed E-state index contributed by atoms with van der Waals surface area (Å²) in [5.74, 6) is 0. The molecule has 0 saturated carbocycles. The minimum absolute atomic E-state index is 0.575. The van der Waals surface area contributed by atoms with Crippen LogP contribution >= 0.6 is 11.6 Å². The average molecular weight is 291 g/mol. The third-order valence-electron chi connectivity index (χ3n) is 3.35. The Balaban J connectivity index is 2.32. The highest BCUT2D eigenvalue weighted by Crippen LogP contribution is 2.30. The Kier molecular flexibility index (Phi) is 4.63. The van der Waals surface area contributed by atoms with Crippen molar-refractivity contribution in [3.8, 4) is 0 Å². The summed E-state index contributed by atoms with van der Waals surface area (Å²) in [4.78, 5) is 0. The number of halogens is 1. The van der Waals surface area contributed by atoms with Crippen molar-refractivity contribution in [2.45, 2.75) is 31.9 Å². The third-order valence-corrected chi connectivity index (χ3v) is 3.60. The van der Waals surface area contributed by atoms with Gasteiger partial charge in [-0.15, -0.1) is 0 Å². The number of aromatic nitrogens is 2. The van der Waals surface area contributed by atoms with Crippen molar-refractivity contribution in [1.29, 1.82) is 0 Å². The Morgan fingerprint density at radius 2 is 2.05 bits per heavy atom. The average Bonchev–Trinajstić information content (AvgIpc) is 2.94. The molecule has 1 atom stereocenters. The first kappa shape index (κ1) is 14.8. The van der Waals surface area contributed by atoms with Crippen molar-refractivity contribution in [1.82, 2.24) is 9.78 Å². The van der Waals surface area contributed by atoms with Crippen LogP contribution in [-0.4, -0.2) is 14.9 Å². The summed E-state index contributed by atoms with van der Waals surface area (Å²) in [5.41, 5.74) is -0.00855. The van der Waals surface area contributed by atoms with Crippen LogP contribution in [0.3, 0.4) is 0 Å². The Bertz CT molecular complexity index is 576. The number of aliphatic hydroxyl groups is 1. The Morgan fingerprint density at radius 3 is 2.65 bits per heavy atom. The quantitative estimate of drug-likeness (QED) is 0.823. The zero-order chi connectivity index (χ0) is 14.6. The molecule has 0 aliphatic rings. The maximum atomic E-state index is 10.9. The molecule has 3 nitrogen and oxygen atoms in total. The molecule has 0 fully saturated rings. The highest BCUT2D eigenvalue weighted by Gasteiger charge is 2.30. The van der Waals surface area contributed by atoms with E-state index in [-0.39, 0.29) is 0 Å². The summed E-state index contributed by atoms with van der Waals surface area (Å²) < 4.78 is 1.85. The van der Waals surface area contributed by atoms with E-state index in [2.05, 4.69) is 18.6 Å². The van der Waals surface area contributed by atoms with Gasteiger partial charge in [0.1, 0.15) is 5.69 Å². The first-order chi connectivity index (χ1) is 9.60. The molecule has 1 heterocycles. The van der Waals surface area contributed by atoms with Gasteiger partial charge in [0.25, 0.3) is 0 Å². The van der Waals surface area contributed by atoms with E-state index in [1.54, 1.807) is 24.3 Å². The first-order valence-corrected chi connectivity index (χ1v) is 7.14. The number of benzene rings is 1. The SMILES string of the molecule is C=CC(O)(c1ccc(Cl)cc1)c1ccn(CCCC)n1. The smallest absolute Gasteiger partial charge is 0.152 e. The number of aryl methyl sites for hydroxylation is 1. The maximum Gasteiger partial charge on any atom is 0.152 e. The Hall–Kier alpha value is -1.58. The lowest BCUT2D eigenvalue weighted by molar-refractivity contribution is 0.129. The van der Waals surface area contributed by atoms with Gasteiger partial charge < -0.3 is 5.11 Å². The van der Waals surface area contributed by atoms with Crippen molar-refractivity contribution >= 4 is 11.6 Å². The van der Waals surface area contributed by atoms with E-state index < -0.39 is 5.60 Å². The zero-order valence-corrected chi connectivity index (χ0v) is 12.3. The fourth-order valence-corrected chi connectivity index (χ4v) is 2.21. The van der Waals surface area contributed by atoms with Crippen molar-refractivity contribution in [3.63, 3.8) is 0 Å². The number of unbranched alkanes of at least 4 members (excludes halogenated alkanes) is 1. The van der Waals surface area contributed by atoms with Gasteiger partial charge in [0.05, 0.1) is 0 Å². The lowest BCUT2D eigenvalue weighted by atomic mass is 9.91. The monoisotopic (exact) mass is 290 g/mol. The molecule has 0 amide bonds. The fraction of sp³-hybridized carbons (Fsp3) is 0.312. The van der Waals surface area contributed by atoms with Crippen LogP contribution in [0.1, 0.15) is 31.0 Å². The minimum atomic E-state index is -1.29. The molecule has 0 aliphatic carbocycles. The maximum absolute atomic E-state index is 10.9.